The van der Waals surface area contributed by atoms with Crippen molar-refractivity contribution in [3.05, 3.63) is 64.7 Å². The van der Waals surface area contributed by atoms with Crippen LogP contribution in [0.1, 0.15) is 22.7 Å². The summed E-state index contributed by atoms with van der Waals surface area (Å²) < 4.78 is 27.4. The molecule has 0 saturated carbocycles. The zero-order chi connectivity index (χ0) is 14.7. The fraction of sp³-hybridized carbons (Fsp3) is 0.250. The lowest BCUT2D eigenvalue weighted by atomic mass is 10.1. The van der Waals surface area contributed by atoms with E-state index in [1.165, 1.54) is 6.92 Å². The number of hydrogen-bond acceptors (Lipinski definition) is 2. The molecule has 0 aromatic heterocycles. The van der Waals surface area contributed by atoms with Crippen LogP contribution < -0.4 is 5.73 Å². The third-order valence-corrected chi connectivity index (χ3v) is 4.51. The molecule has 4 heteroatoms. The molecule has 2 N–H and O–H groups in total. The lowest BCUT2D eigenvalue weighted by Gasteiger charge is -2.14. The number of aryl methyl sites for hydroxylation is 2. The maximum atomic E-state index is 13.9. The van der Waals surface area contributed by atoms with E-state index in [0.29, 0.717) is 11.3 Å². The van der Waals surface area contributed by atoms with Crippen LogP contribution in [0.15, 0.2) is 41.3 Å². The van der Waals surface area contributed by atoms with Crippen LogP contribution in [0.2, 0.25) is 0 Å². The molecule has 0 spiro atoms. The topological polar surface area (TPSA) is 26.0 Å². The molecule has 1 nitrogen and oxygen atoms in total. The van der Waals surface area contributed by atoms with Gasteiger partial charge in [-0.3, -0.25) is 0 Å². The van der Waals surface area contributed by atoms with Crippen LogP contribution in [0.5, 0.6) is 0 Å². The maximum absolute atomic E-state index is 13.9. The quantitative estimate of drug-likeness (QED) is 0.847. The van der Waals surface area contributed by atoms with E-state index in [2.05, 4.69) is 0 Å². The zero-order valence-corrected chi connectivity index (χ0v) is 12.3. The van der Waals surface area contributed by atoms with Crippen molar-refractivity contribution in [1.82, 2.24) is 0 Å². The van der Waals surface area contributed by atoms with Gasteiger partial charge in [-0.15, -0.1) is 11.8 Å². The highest BCUT2D eigenvalue weighted by Gasteiger charge is 2.17. The van der Waals surface area contributed by atoms with Gasteiger partial charge >= 0.3 is 0 Å². The fourth-order valence-electron chi connectivity index (χ4n) is 1.94. The molecule has 0 amide bonds. The molecular formula is C16H17F2NS. The number of hydrogen-bond donors (Lipinski definition) is 1. The van der Waals surface area contributed by atoms with Gasteiger partial charge in [-0.05, 0) is 31.0 Å². The second-order valence-corrected chi connectivity index (χ2v) is 5.84. The predicted molar refractivity (Wildman–Crippen MR) is 79.9 cm³/mol. The van der Waals surface area contributed by atoms with Gasteiger partial charge < -0.3 is 5.73 Å². The van der Waals surface area contributed by atoms with Gasteiger partial charge in [0.2, 0.25) is 0 Å². The number of nitrogens with two attached hydrogens (primary N) is 1. The molecule has 2 aromatic rings. The summed E-state index contributed by atoms with van der Waals surface area (Å²) in [4.78, 5) is 1.11. The molecule has 0 aliphatic rings. The summed E-state index contributed by atoms with van der Waals surface area (Å²) in [6.45, 7) is 3.55. The van der Waals surface area contributed by atoms with E-state index in [0.717, 1.165) is 10.5 Å². The summed E-state index contributed by atoms with van der Waals surface area (Å²) in [6, 6.07) is 10.5. The number of rotatable bonds is 4. The van der Waals surface area contributed by atoms with Crippen molar-refractivity contribution in [3.63, 3.8) is 0 Å². The van der Waals surface area contributed by atoms with E-state index < -0.39 is 17.7 Å². The molecule has 0 saturated heterocycles. The van der Waals surface area contributed by atoms with Crippen LogP contribution in [0.25, 0.3) is 0 Å². The Morgan fingerprint density at radius 2 is 1.70 bits per heavy atom. The van der Waals surface area contributed by atoms with Gasteiger partial charge in [0.1, 0.15) is 0 Å². The number of thioether (sulfide) groups is 1. The van der Waals surface area contributed by atoms with Crippen molar-refractivity contribution in [3.8, 4) is 0 Å². The molecule has 20 heavy (non-hydrogen) atoms. The molecule has 1 unspecified atom stereocenters. The van der Waals surface area contributed by atoms with Gasteiger partial charge in [-0.2, -0.15) is 0 Å². The minimum Gasteiger partial charge on any atom is -0.323 e. The lowest BCUT2D eigenvalue weighted by molar-refractivity contribution is 0.488. The van der Waals surface area contributed by atoms with Gasteiger partial charge in [-0.25, -0.2) is 8.78 Å². The summed E-state index contributed by atoms with van der Waals surface area (Å²) in [5.74, 6) is -1.13. The van der Waals surface area contributed by atoms with E-state index in [-0.39, 0.29) is 5.56 Å². The first-order chi connectivity index (χ1) is 9.50. The first-order valence-electron chi connectivity index (χ1n) is 6.39. The molecule has 2 rings (SSSR count). The Hall–Kier alpha value is -1.39. The summed E-state index contributed by atoms with van der Waals surface area (Å²) in [5.41, 5.74) is 7.67. The second kappa shape index (κ2) is 6.37. The summed E-state index contributed by atoms with van der Waals surface area (Å²) in [5, 5.41) is 0. The smallest absolute Gasteiger partial charge is 0.163 e. The van der Waals surface area contributed by atoms with Crippen molar-refractivity contribution in [2.75, 3.05) is 5.75 Å². The Bertz CT molecular complexity index is 613. The highest BCUT2D eigenvalue weighted by molar-refractivity contribution is 7.99. The highest BCUT2D eigenvalue weighted by atomic mass is 32.2. The van der Waals surface area contributed by atoms with E-state index in [9.17, 15) is 8.78 Å². The van der Waals surface area contributed by atoms with Gasteiger partial charge in [0.25, 0.3) is 0 Å². The average molecular weight is 293 g/mol. The van der Waals surface area contributed by atoms with Crippen molar-refractivity contribution < 1.29 is 8.78 Å². The standard InChI is InChI=1S/C16H17F2NS/c1-10-5-3-4-6-14(10)20-9-13(19)12-8-7-11(2)15(17)16(12)18/h3-8,13H,9,19H2,1-2H3. The molecule has 106 valence electrons. The van der Waals surface area contributed by atoms with Gasteiger partial charge in [-0.1, -0.05) is 30.3 Å². The summed E-state index contributed by atoms with van der Waals surface area (Å²) >= 11 is 1.55. The Balaban J connectivity index is 2.11. The van der Waals surface area contributed by atoms with Crippen LogP contribution in [-0.2, 0) is 0 Å². The number of benzene rings is 2. The van der Waals surface area contributed by atoms with E-state index in [4.69, 9.17) is 5.73 Å². The molecule has 0 aliphatic heterocycles. The molecule has 0 bridgehead atoms. The Kier molecular flexibility index (Phi) is 4.78. The summed E-state index contributed by atoms with van der Waals surface area (Å²) in [7, 11) is 0. The van der Waals surface area contributed by atoms with Gasteiger partial charge in [0.05, 0.1) is 0 Å². The molecule has 0 aliphatic carbocycles. The number of halogens is 2. The molecule has 0 heterocycles. The molecule has 1 atom stereocenters. The van der Waals surface area contributed by atoms with Crippen LogP contribution in [0, 0.1) is 25.5 Å². The second-order valence-electron chi connectivity index (χ2n) is 4.78. The predicted octanol–water partition coefficient (Wildman–Crippen LogP) is 4.37. The van der Waals surface area contributed by atoms with Crippen molar-refractivity contribution in [2.24, 2.45) is 5.73 Å². The monoisotopic (exact) mass is 293 g/mol. The van der Waals surface area contributed by atoms with E-state index in [1.807, 2.05) is 31.2 Å². The Labute approximate surface area is 122 Å². The third-order valence-electron chi connectivity index (χ3n) is 3.22. The normalized spacial score (nSPS) is 12.4. The van der Waals surface area contributed by atoms with Crippen LogP contribution in [0.3, 0.4) is 0 Å². The van der Waals surface area contributed by atoms with Crippen LogP contribution in [0.4, 0.5) is 8.78 Å². The maximum Gasteiger partial charge on any atom is 0.163 e. The minimum atomic E-state index is -0.831. The van der Waals surface area contributed by atoms with E-state index >= 15 is 0 Å². The third kappa shape index (κ3) is 3.19. The van der Waals surface area contributed by atoms with Crippen molar-refractivity contribution in [2.45, 2.75) is 24.8 Å². The van der Waals surface area contributed by atoms with Crippen LogP contribution >= 0.6 is 11.8 Å². The van der Waals surface area contributed by atoms with Crippen LogP contribution in [-0.4, -0.2) is 5.75 Å². The summed E-state index contributed by atoms with van der Waals surface area (Å²) in [6.07, 6.45) is 0. The largest absolute Gasteiger partial charge is 0.323 e. The van der Waals surface area contributed by atoms with E-state index in [1.54, 1.807) is 23.9 Å². The molecular weight excluding hydrogens is 276 g/mol. The minimum absolute atomic E-state index is 0.231. The Morgan fingerprint density at radius 1 is 1.00 bits per heavy atom. The SMILES string of the molecule is Cc1ccccc1SCC(N)c1ccc(C)c(F)c1F. The fourth-order valence-corrected chi connectivity index (χ4v) is 2.94. The average Bonchev–Trinajstić information content (AvgIpc) is 2.44. The molecule has 2 aromatic carbocycles. The highest BCUT2D eigenvalue weighted by Crippen LogP contribution is 2.28. The molecule has 0 radical (unpaired) electrons. The van der Waals surface area contributed by atoms with Crippen molar-refractivity contribution >= 4 is 11.8 Å². The van der Waals surface area contributed by atoms with Gasteiger partial charge in [0.15, 0.2) is 11.6 Å². The first-order valence-corrected chi connectivity index (χ1v) is 7.37. The Morgan fingerprint density at radius 3 is 2.40 bits per heavy atom. The van der Waals surface area contributed by atoms with Gasteiger partial charge in [0, 0.05) is 22.3 Å². The molecule has 0 fully saturated rings. The first kappa shape index (κ1) is 15.0. The van der Waals surface area contributed by atoms with Crippen molar-refractivity contribution in [1.29, 1.82) is 0 Å². The lowest BCUT2D eigenvalue weighted by Crippen LogP contribution is -2.16. The zero-order valence-electron chi connectivity index (χ0n) is 11.5.